The van der Waals surface area contributed by atoms with Gasteiger partial charge in [-0.15, -0.1) is 6.58 Å². The zero-order chi connectivity index (χ0) is 28.9. The van der Waals surface area contributed by atoms with Crippen LogP contribution < -0.4 is 40.0 Å². The maximum atomic E-state index is 12.6. The summed E-state index contributed by atoms with van der Waals surface area (Å²) >= 11 is 1.34. The number of allylic oxidation sites excluding steroid dienone is 1. The monoisotopic (exact) mass is 576 g/mol. The number of nitrogens with zero attached hydrogens (tertiary/aromatic N) is 1. The Kier molecular flexibility index (Phi) is 11.1. The van der Waals surface area contributed by atoms with Gasteiger partial charge in [-0.1, -0.05) is 72.8 Å². The summed E-state index contributed by atoms with van der Waals surface area (Å²) in [4.78, 5) is 25.0. The van der Waals surface area contributed by atoms with Gasteiger partial charge in [-0.25, -0.2) is 4.79 Å². The fraction of sp³-hybridized carbons (Fsp3) is 0.242. The molecule has 1 N–H and O–H groups in total. The first-order valence-electron chi connectivity index (χ1n) is 13.1. The number of rotatable bonds is 7. The van der Waals surface area contributed by atoms with Gasteiger partial charge in [0.25, 0.3) is 0 Å². The largest absolute Gasteiger partial charge is 1.00 e. The van der Waals surface area contributed by atoms with Gasteiger partial charge >= 0.3 is 35.7 Å². The molecule has 41 heavy (non-hydrogen) atoms. The van der Waals surface area contributed by atoms with Crippen LogP contribution in [-0.4, -0.2) is 16.4 Å². The van der Waals surface area contributed by atoms with Gasteiger partial charge in [0.2, 0.25) is 0 Å². The first-order valence-corrected chi connectivity index (χ1v) is 13.9. The van der Waals surface area contributed by atoms with Gasteiger partial charge in [0.05, 0.1) is 22.2 Å². The molecule has 1 aromatic heterocycles. The Balaban J connectivity index is 0.00000111. The van der Waals surface area contributed by atoms with Crippen molar-refractivity contribution >= 4 is 29.3 Å². The average Bonchev–Trinajstić information content (AvgIpc) is 3.69. The van der Waals surface area contributed by atoms with Gasteiger partial charge in [0.1, 0.15) is 6.61 Å². The third-order valence-corrected chi connectivity index (χ3v) is 8.06. The molecule has 3 aromatic carbocycles. The maximum Gasteiger partial charge on any atom is 1.00 e. The molecule has 8 heteroatoms. The van der Waals surface area contributed by atoms with Gasteiger partial charge in [0, 0.05) is 5.41 Å². The zero-order valence-electron chi connectivity index (χ0n) is 24.2. The maximum absolute atomic E-state index is 12.6. The number of hydrogen-bond donors (Lipinski definition) is 1. The molecule has 1 aliphatic carbocycles. The number of ether oxygens (including phenoxy) is 1. The minimum Gasteiger partial charge on any atom is -0.549 e. The molecule has 1 heterocycles. The molecule has 1 fully saturated rings. The predicted molar refractivity (Wildman–Crippen MR) is 159 cm³/mol. The molecule has 0 unspecified atom stereocenters. The van der Waals surface area contributed by atoms with E-state index in [0.29, 0.717) is 18.5 Å². The Bertz CT molecular complexity index is 1540. The molecule has 0 spiro atoms. The second-order valence-corrected chi connectivity index (χ2v) is 10.8. The molecule has 0 aliphatic heterocycles. The van der Waals surface area contributed by atoms with Gasteiger partial charge in [-0.2, -0.15) is 4.37 Å². The van der Waals surface area contributed by atoms with E-state index in [1.165, 1.54) is 11.5 Å². The number of hydrogen-bond acceptors (Lipinski definition) is 6. The molecule has 0 saturated heterocycles. The SMILES string of the molecule is C=CC.Cc1ccccc1COC(=O)Nc1c(C)nsc1-c1ccc(-c2ccc(C3(C(=O)[O-])CC3)cc2)cc1C.[Na+]. The molecule has 0 atom stereocenters. The van der Waals surface area contributed by atoms with E-state index < -0.39 is 17.5 Å². The van der Waals surface area contributed by atoms with E-state index >= 15 is 0 Å². The summed E-state index contributed by atoms with van der Waals surface area (Å²) in [6.45, 7) is 11.3. The minimum atomic E-state index is -0.997. The Morgan fingerprint density at radius 1 is 1.02 bits per heavy atom. The van der Waals surface area contributed by atoms with Crippen molar-refractivity contribution < 1.29 is 49.0 Å². The fourth-order valence-corrected chi connectivity index (χ4v) is 5.51. The van der Waals surface area contributed by atoms with Crippen LogP contribution in [0.25, 0.3) is 21.6 Å². The number of nitrogens with one attached hydrogen (secondary N) is 1. The van der Waals surface area contributed by atoms with Crippen molar-refractivity contribution in [3.05, 3.63) is 107 Å². The van der Waals surface area contributed by atoms with E-state index in [2.05, 4.69) is 22.3 Å². The third-order valence-electron chi connectivity index (χ3n) is 7.09. The van der Waals surface area contributed by atoms with Gasteiger partial charge in [0.15, 0.2) is 0 Å². The number of aryl methyl sites for hydroxylation is 3. The van der Waals surface area contributed by atoms with E-state index in [4.69, 9.17) is 4.74 Å². The Morgan fingerprint density at radius 2 is 1.66 bits per heavy atom. The predicted octanol–water partition coefficient (Wildman–Crippen LogP) is 4.13. The fourth-order valence-electron chi connectivity index (χ4n) is 4.57. The first-order chi connectivity index (χ1) is 19.2. The van der Waals surface area contributed by atoms with Crippen molar-refractivity contribution in [2.24, 2.45) is 0 Å². The van der Waals surface area contributed by atoms with Crippen molar-refractivity contribution in [1.29, 1.82) is 0 Å². The number of carboxylic acids is 1. The number of benzene rings is 3. The molecule has 0 bridgehead atoms. The summed E-state index contributed by atoms with van der Waals surface area (Å²) in [5.74, 6) is -0.997. The quantitative estimate of drug-likeness (QED) is 0.264. The Labute approximate surface area is 267 Å². The van der Waals surface area contributed by atoms with Crippen LogP contribution in [0.15, 0.2) is 79.4 Å². The number of aromatic nitrogens is 1. The standard InChI is InChI=1S/C30H28N2O4S.C3H6.Na/c1-18-6-4-5-7-23(18)17-36-29(35)31-26-20(3)32-37-27(26)25-13-10-22(16-19(25)2)21-8-11-24(12-9-21)30(14-15-30)28(33)34;1-3-2;/h4-13,16H,14-15,17H2,1-3H3,(H,31,35)(H,33,34);3H,1H2,2H3;/q;;+1/p-1. The average molecular weight is 577 g/mol. The number of amides is 1. The first kappa shape index (κ1) is 32.3. The van der Waals surface area contributed by atoms with Crippen LogP contribution in [0.5, 0.6) is 0 Å². The Hall–Kier alpha value is -3.23. The minimum absolute atomic E-state index is 0. The van der Waals surface area contributed by atoms with Gasteiger partial charge in [-0.05, 0) is 91.0 Å². The molecule has 1 saturated carbocycles. The summed E-state index contributed by atoms with van der Waals surface area (Å²) in [6, 6.07) is 21.6. The normalized spacial score (nSPS) is 12.7. The molecule has 6 nitrogen and oxygen atoms in total. The molecule has 1 amide bonds. The van der Waals surface area contributed by atoms with E-state index in [-0.39, 0.29) is 36.2 Å². The van der Waals surface area contributed by atoms with Crippen LogP contribution in [0.4, 0.5) is 10.5 Å². The number of carboxylic acid groups (broad SMARTS) is 1. The summed E-state index contributed by atoms with van der Waals surface area (Å²) in [5, 5.41) is 14.4. The van der Waals surface area contributed by atoms with E-state index in [9.17, 15) is 14.7 Å². The molecule has 5 rings (SSSR count). The van der Waals surface area contributed by atoms with Crippen molar-refractivity contribution in [2.75, 3.05) is 5.32 Å². The van der Waals surface area contributed by atoms with Gasteiger partial charge in [-0.3, -0.25) is 5.32 Å². The molecule has 0 radical (unpaired) electrons. The van der Waals surface area contributed by atoms with Crippen LogP contribution in [-0.2, 0) is 21.6 Å². The van der Waals surface area contributed by atoms with Crippen LogP contribution >= 0.6 is 11.5 Å². The topological polar surface area (TPSA) is 91.3 Å². The summed E-state index contributed by atoms with van der Waals surface area (Å²) in [5.41, 5.74) is 7.45. The number of carbonyl (C=O) groups excluding carboxylic acids is 2. The molecular weight excluding hydrogens is 543 g/mol. The van der Waals surface area contributed by atoms with Crippen molar-refractivity contribution in [2.45, 2.75) is 52.6 Å². The number of carbonyl (C=O) groups is 2. The van der Waals surface area contributed by atoms with Crippen molar-refractivity contribution in [3.8, 4) is 21.6 Å². The number of anilines is 1. The van der Waals surface area contributed by atoms with Crippen LogP contribution in [0.1, 0.15) is 47.7 Å². The zero-order valence-corrected chi connectivity index (χ0v) is 27.1. The van der Waals surface area contributed by atoms with E-state index in [1.54, 1.807) is 6.08 Å². The van der Waals surface area contributed by atoms with Crippen molar-refractivity contribution in [1.82, 2.24) is 4.37 Å². The molecule has 206 valence electrons. The smallest absolute Gasteiger partial charge is 0.549 e. The Morgan fingerprint density at radius 3 is 2.24 bits per heavy atom. The summed E-state index contributed by atoms with van der Waals surface area (Å²) < 4.78 is 9.95. The van der Waals surface area contributed by atoms with Crippen molar-refractivity contribution in [3.63, 3.8) is 0 Å². The van der Waals surface area contributed by atoms with Gasteiger partial charge < -0.3 is 14.6 Å². The van der Waals surface area contributed by atoms with Crippen LogP contribution in [0.3, 0.4) is 0 Å². The van der Waals surface area contributed by atoms with Crippen LogP contribution in [0.2, 0.25) is 0 Å². The third kappa shape index (κ3) is 7.35. The van der Waals surface area contributed by atoms with E-state index in [0.717, 1.165) is 49.5 Å². The summed E-state index contributed by atoms with van der Waals surface area (Å²) in [7, 11) is 0. The molecule has 1 aliphatic rings. The molecule has 4 aromatic rings. The summed E-state index contributed by atoms with van der Waals surface area (Å²) in [6.07, 6.45) is 2.49. The number of aliphatic carboxylic acids is 1. The second-order valence-electron chi connectivity index (χ2n) is 9.98. The second kappa shape index (κ2) is 14.1. The molecular formula is C33H33N2NaO4S. The van der Waals surface area contributed by atoms with Crippen LogP contribution in [0, 0.1) is 20.8 Å². The van der Waals surface area contributed by atoms with E-state index in [1.807, 2.05) is 88.4 Å².